The molecule has 0 aliphatic carbocycles. The fourth-order valence-corrected chi connectivity index (χ4v) is 1.68. The molecular formula is C12H22N2O4. The number of carbonyl (C=O) groups is 2. The molecular weight excluding hydrogens is 236 g/mol. The van der Waals surface area contributed by atoms with E-state index in [9.17, 15) is 9.59 Å². The first-order valence-corrected chi connectivity index (χ1v) is 6.08. The van der Waals surface area contributed by atoms with Gasteiger partial charge in [-0.2, -0.15) is 0 Å². The number of carbonyl (C=O) groups excluding carboxylic acids is 1. The van der Waals surface area contributed by atoms with Gasteiger partial charge in [0.1, 0.15) is 0 Å². The van der Waals surface area contributed by atoms with Gasteiger partial charge in [0, 0.05) is 13.2 Å². The maximum atomic E-state index is 11.7. The summed E-state index contributed by atoms with van der Waals surface area (Å²) in [4.78, 5) is 22.6. The Morgan fingerprint density at radius 1 is 1.50 bits per heavy atom. The summed E-state index contributed by atoms with van der Waals surface area (Å²) in [6.45, 7) is 7.68. The number of rotatable bonds is 4. The Labute approximate surface area is 107 Å². The van der Waals surface area contributed by atoms with Gasteiger partial charge < -0.3 is 20.5 Å². The minimum Gasteiger partial charge on any atom is -0.481 e. The first-order chi connectivity index (χ1) is 8.17. The number of urea groups is 1. The van der Waals surface area contributed by atoms with E-state index in [4.69, 9.17) is 9.84 Å². The van der Waals surface area contributed by atoms with Crippen LogP contribution in [0, 0.1) is 5.41 Å². The maximum Gasteiger partial charge on any atom is 0.315 e. The maximum absolute atomic E-state index is 11.7. The zero-order valence-electron chi connectivity index (χ0n) is 11.4. The smallest absolute Gasteiger partial charge is 0.315 e. The molecule has 0 saturated carbocycles. The predicted molar refractivity (Wildman–Crippen MR) is 66.4 cm³/mol. The average Bonchev–Trinajstić information content (AvgIpc) is 2.56. The molecule has 0 aromatic carbocycles. The van der Waals surface area contributed by atoms with E-state index in [0.29, 0.717) is 6.61 Å². The summed E-state index contributed by atoms with van der Waals surface area (Å²) in [7, 11) is 0. The second-order valence-corrected chi connectivity index (χ2v) is 5.68. The number of hydrogen-bond acceptors (Lipinski definition) is 3. The van der Waals surface area contributed by atoms with Gasteiger partial charge in [0.25, 0.3) is 0 Å². The molecule has 104 valence electrons. The molecule has 1 saturated heterocycles. The summed E-state index contributed by atoms with van der Waals surface area (Å²) < 4.78 is 5.42. The molecule has 0 aromatic heterocycles. The molecule has 1 rings (SSSR count). The molecule has 1 fully saturated rings. The summed E-state index contributed by atoms with van der Waals surface area (Å²) in [5.74, 6) is -0.938. The van der Waals surface area contributed by atoms with Gasteiger partial charge in [0.05, 0.1) is 17.1 Å². The lowest BCUT2D eigenvalue weighted by Gasteiger charge is -2.29. The van der Waals surface area contributed by atoms with Crippen molar-refractivity contribution in [2.45, 2.75) is 45.8 Å². The Balaban J connectivity index is 2.45. The van der Waals surface area contributed by atoms with Gasteiger partial charge in [0.15, 0.2) is 0 Å². The number of hydrogen-bond donors (Lipinski definition) is 3. The van der Waals surface area contributed by atoms with Crippen LogP contribution in [0.4, 0.5) is 4.79 Å². The van der Waals surface area contributed by atoms with E-state index >= 15 is 0 Å². The minimum absolute atomic E-state index is 0.0456. The molecule has 0 bridgehead atoms. The van der Waals surface area contributed by atoms with Crippen LogP contribution in [0.2, 0.25) is 0 Å². The van der Waals surface area contributed by atoms with Gasteiger partial charge >= 0.3 is 12.0 Å². The number of ether oxygens (including phenoxy) is 1. The SMILES string of the molecule is CC1OCCC1(C)NC(=O)NCC(C)(C)C(=O)O. The fraction of sp³-hybridized carbons (Fsp3) is 0.833. The van der Waals surface area contributed by atoms with Crippen LogP contribution in [0.15, 0.2) is 0 Å². The molecule has 1 aliphatic rings. The standard InChI is InChI=1S/C12H22N2O4/c1-8-12(4,5-6-18-8)14-10(17)13-7-11(2,3)9(15)16/h8H,5-7H2,1-4H3,(H,15,16)(H2,13,14,17). The third-order valence-corrected chi connectivity index (χ3v) is 3.56. The number of aliphatic carboxylic acids is 1. The predicted octanol–water partition coefficient (Wildman–Crippen LogP) is 0.964. The van der Waals surface area contributed by atoms with Crippen LogP contribution in [0.3, 0.4) is 0 Å². The van der Waals surface area contributed by atoms with Crippen molar-refractivity contribution in [2.24, 2.45) is 5.41 Å². The second-order valence-electron chi connectivity index (χ2n) is 5.68. The highest BCUT2D eigenvalue weighted by Crippen LogP contribution is 2.24. The molecule has 6 heteroatoms. The van der Waals surface area contributed by atoms with Crippen LogP contribution >= 0.6 is 0 Å². The average molecular weight is 258 g/mol. The lowest BCUT2D eigenvalue weighted by Crippen LogP contribution is -2.55. The van der Waals surface area contributed by atoms with Crippen molar-refractivity contribution in [3.8, 4) is 0 Å². The Hall–Kier alpha value is -1.30. The number of nitrogens with one attached hydrogen (secondary N) is 2. The molecule has 2 amide bonds. The van der Waals surface area contributed by atoms with E-state index in [2.05, 4.69) is 10.6 Å². The van der Waals surface area contributed by atoms with Crippen molar-refractivity contribution in [2.75, 3.05) is 13.2 Å². The molecule has 1 heterocycles. The molecule has 1 aliphatic heterocycles. The molecule has 6 nitrogen and oxygen atoms in total. The second kappa shape index (κ2) is 5.14. The Morgan fingerprint density at radius 3 is 2.56 bits per heavy atom. The number of carboxylic acid groups (broad SMARTS) is 1. The molecule has 0 aromatic rings. The summed E-state index contributed by atoms with van der Waals surface area (Å²) >= 11 is 0. The van der Waals surface area contributed by atoms with Crippen molar-refractivity contribution in [3.05, 3.63) is 0 Å². The van der Waals surface area contributed by atoms with E-state index in [1.54, 1.807) is 13.8 Å². The van der Waals surface area contributed by atoms with Gasteiger partial charge in [-0.1, -0.05) is 0 Å². The van der Waals surface area contributed by atoms with E-state index in [1.165, 1.54) is 0 Å². The number of amides is 2. The number of carboxylic acids is 1. The zero-order chi connectivity index (χ0) is 14.0. The summed E-state index contributed by atoms with van der Waals surface area (Å²) in [6.07, 6.45) is 0.708. The van der Waals surface area contributed by atoms with Crippen LogP contribution in [0.1, 0.15) is 34.1 Å². The largest absolute Gasteiger partial charge is 0.481 e. The van der Waals surface area contributed by atoms with E-state index in [1.807, 2.05) is 13.8 Å². The van der Waals surface area contributed by atoms with Crippen LogP contribution in [0.5, 0.6) is 0 Å². The summed E-state index contributed by atoms with van der Waals surface area (Å²) in [5.41, 5.74) is -1.37. The topological polar surface area (TPSA) is 87.7 Å². The lowest BCUT2D eigenvalue weighted by atomic mass is 9.93. The van der Waals surface area contributed by atoms with E-state index in [-0.39, 0.29) is 18.7 Å². The van der Waals surface area contributed by atoms with Gasteiger partial charge in [0.2, 0.25) is 0 Å². The first kappa shape index (κ1) is 14.8. The van der Waals surface area contributed by atoms with Crippen molar-refractivity contribution in [3.63, 3.8) is 0 Å². The summed E-state index contributed by atoms with van der Waals surface area (Å²) in [5, 5.41) is 14.4. The molecule has 0 spiro atoms. The highest BCUT2D eigenvalue weighted by atomic mass is 16.5. The van der Waals surface area contributed by atoms with Crippen molar-refractivity contribution in [1.82, 2.24) is 10.6 Å². The Kier molecular flexibility index (Phi) is 4.21. The van der Waals surface area contributed by atoms with Gasteiger partial charge in [-0.3, -0.25) is 4.79 Å². The molecule has 2 atom stereocenters. The Morgan fingerprint density at radius 2 is 2.11 bits per heavy atom. The highest BCUT2D eigenvalue weighted by Gasteiger charge is 2.38. The van der Waals surface area contributed by atoms with Crippen LogP contribution in [-0.4, -0.2) is 41.9 Å². The van der Waals surface area contributed by atoms with Crippen molar-refractivity contribution >= 4 is 12.0 Å². The first-order valence-electron chi connectivity index (χ1n) is 6.08. The third kappa shape index (κ3) is 3.35. The quantitative estimate of drug-likeness (QED) is 0.701. The lowest BCUT2D eigenvalue weighted by molar-refractivity contribution is -0.146. The third-order valence-electron chi connectivity index (χ3n) is 3.56. The minimum atomic E-state index is -0.976. The Bertz CT molecular complexity index is 343. The fourth-order valence-electron chi connectivity index (χ4n) is 1.68. The molecule has 18 heavy (non-hydrogen) atoms. The van der Waals surface area contributed by atoms with Gasteiger partial charge in [-0.15, -0.1) is 0 Å². The zero-order valence-corrected chi connectivity index (χ0v) is 11.4. The van der Waals surface area contributed by atoms with Crippen LogP contribution in [-0.2, 0) is 9.53 Å². The van der Waals surface area contributed by atoms with E-state index in [0.717, 1.165) is 6.42 Å². The van der Waals surface area contributed by atoms with E-state index < -0.39 is 16.9 Å². The van der Waals surface area contributed by atoms with Gasteiger partial charge in [-0.05, 0) is 34.1 Å². The van der Waals surface area contributed by atoms with Crippen LogP contribution in [0.25, 0.3) is 0 Å². The van der Waals surface area contributed by atoms with Crippen molar-refractivity contribution in [1.29, 1.82) is 0 Å². The summed E-state index contributed by atoms with van der Waals surface area (Å²) in [6, 6.07) is -0.357. The monoisotopic (exact) mass is 258 g/mol. The molecule has 3 N–H and O–H groups in total. The van der Waals surface area contributed by atoms with Crippen molar-refractivity contribution < 1.29 is 19.4 Å². The molecule has 2 unspecified atom stereocenters. The van der Waals surface area contributed by atoms with Gasteiger partial charge in [-0.25, -0.2) is 4.79 Å². The normalized spacial score (nSPS) is 27.9. The highest BCUT2D eigenvalue weighted by molar-refractivity contribution is 5.78. The molecule has 0 radical (unpaired) electrons. The van der Waals surface area contributed by atoms with Crippen LogP contribution < -0.4 is 10.6 Å².